The van der Waals surface area contributed by atoms with Crippen molar-refractivity contribution >= 4 is 33.4 Å². The van der Waals surface area contributed by atoms with Crippen LogP contribution >= 0.6 is 27.3 Å². The number of H-pyrrole nitrogens is 1. The van der Waals surface area contributed by atoms with Crippen molar-refractivity contribution in [3.8, 4) is 0 Å². The molecule has 0 aliphatic carbocycles. The Balaban J connectivity index is 2.11. The van der Waals surface area contributed by atoms with Crippen LogP contribution in [0.15, 0.2) is 22.1 Å². The van der Waals surface area contributed by atoms with Crippen LogP contribution in [0, 0.1) is 0 Å². The molecule has 2 heterocycles. The van der Waals surface area contributed by atoms with Crippen LogP contribution in [0.25, 0.3) is 0 Å². The zero-order chi connectivity index (χ0) is 15.5. The maximum Gasteiger partial charge on any atom is 0.410 e. The van der Waals surface area contributed by atoms with E-state index in [1.807, 2.05) is 32.9 Å². The fraction of sp³-hybridized carbons (Fsp3) is 0.462. The van der Waals surface area contributed by atoms with Crippen LogP contribution < -0.4 is 0 Å². The van der Waals surface area contributed by atoms with Gasteiger partial charge in [0.05, 0.1) is 23.1 Å². The van der Waals surface area contributed by atoms with Crippen LogP contribution in [0.1, 0.15) is 31.3 Å². The third kappa shape index (κ3) is 5.13. The van der Waals surface area contributed by atoms with E-state index in [1.165, 1.54) is 0 Å². The Bertz CT molecular complexity index is 592. The molecule has 2 aromatic rings. The first-order valence-corrected chi connectivity index (χ1v) is 8.01. The lowest BCUT2D eigenvalue weighted by atomic mass is 10.2. The molecular weight excluding hydrogens is 356 g/mol. The van der Waals surface area contributed by atoms with Gasteiger partial charge in [-0.2, -0.15) is 15.4 Å². The largest absolute Gasteiger partial charge is 0.444 e. The van der Waals surface area contributed by atoms with Gasteiger partial charge in [-0.3, -0.25) is 4.90 Å². The summed E-state index contributed by atoms with van der Waals surface area (Å²) in [6.45, 7) is 6.36. The third-order valence-corrected chi connectivity index (χ3v) is 4.05. The molecule has 0 fully saturated rings. The van der Waals surface area contributed by atoms with E-state index >= 15 is 0 Å². The minimum Gasteiger partial charge on any atom is -0.444 e. The van der Waals surface area contributed by atoms with E-state index in [9.17, 15) is 4.79 Å². The van der Waals surface area contributed by atoms with Gasteiger partial charge < -0.3 is 4.74 Å². The lowest BCUT2D eigenvalue weighted by Gasteiger charge is -2.26. The molecule has 6 nitrogen and oxygen atoms in total. The number of nitrogens with zero attached hydrogens (tertiary/aromatic N) is 3. The minimum atomic E-state index is -0.533. The first kappa shape index (κ1) is 16.0. The van der Waals surface area contributed by atoms with Gasteiger partial charge >= 0.3 is 6.09 Å². The monoisotopic (exact) mass is 372 g/mol. The number of hydrogen-bond donors (Lipinski definition) is 1. The molecule has 0 spiro atoms. The summed E-state index contributed by atoms with van der Waals surface area (Å²) in [6.07, 6.45) is 1.23. The minimum absolute atomic E-state index is 0.348. The Morgan fingerprint density at radius 1 is 1.43 bits per heavy atom. The quantitative estimate of drug-likeness (QED) is 0.890. The molecule has 0 aliphatic heterocycles. The van der Waals surface area contributed by atoms with Crippen molar-refractivity contribution in [2.24, 2.45) is 0 Å². The SMILES string of the molecule is CC(C)(C)OC(=O)N(Cc1cn[nH]n1)Cc1ccc(Br)s1. The molecule has 0 saturated carbocycles. The molecule has 2 rings (SSSR count). The molecule has 0 radical (unpaired) electrons. The van der Waals surface area contributed by atoms with Crippen molar-refractivity contribution in [3.63, 3.8) is 0 Å². The van der Waals surface area contributed by atoms with Gasteiger partial charge in [-0.05, 0) is 48.8 Å². The molecule has 114 valence electrons. The molecule has 21 heavy (non-hydrogen) atoms. The molecule has 8 heteroatoms. The number of amides is 1. The highest BCUT2D eigenvalue weighted by Gasteiger charge is 2.23. The standard InChI is InChI=1S/C13H17BrN4O2S/c1-13(2,3)20-12(19)18(7-9-6-15-17-16-9)8-10-4-5-11(14)21-10/h4-6H,7-8H2,1-3H3,(H,15,16,17). The predicted octanol–water partition coefficient (Wildman–Crippen LogP) is 3.57. The Morgan fingerprint density at radius 2 is 2.19 bits per heavy atom. The maximum absolute atomic E-state index is 12.3. The second-order valence-corrected chi connectivity index (χ2v) is 8.05. The van der Waals surface area contributed by atoms with Crippen molar-refractivity contribution in [3.05, 3.63) is 32.7 Å². The van der Waals surface area contributed by atoms with Crippen molar-refractivity contribution < 1.29 is 9.53 Å². The summed E-state index contributed by atoms with van der Waals surface area (Å²) >= 11 is 5.01. The van der Waals surface area contributed by atoms with Gasteiger partial charge in [-0.15, -0.1) is 11.3 Å². The van der Waals surface area contributed by atoms with Crippen molar-refractivity contribution in [2.45, 2.75) is 39.5 Å². The first-order valence-electron chi connectivity index (χ1n) is 6.40. The number of carbonyl (C=O) groups excluding carboxylic acids is 1. The Kier molecular flexibility index (Phi) is 5.00. The van der Waals surface area contributed by atoms with Crippen molar-refractivity contribution in [1.29, 1.82) is 0 Å². The number of carbonyl (C=O) groups is 1. The highest BCUT2D eigenvalue weighted by atomic mass is 79.9. The van der Waals surface area contributed by atoms with Gasteiger partial charge in [0.25, 0.3) is 0 Å². The number of thiophene rings is 1. The molecule has 0 aromatic carbocycles. The summed E-state index contributed by atoms with van der Waals surface area (Å²) < 4.78 is 6.48. The zero-order valence-corrected chi connectivity index (χ0v) is 14.5. The van der Waals surface area contributed by atoms with E-state index in [0.29, 0.717) is 18.8 Å². The number of hydrogen-bond acceptors (Lipinski definition) is 5. The first-order chi connectivity index (χ1) is 9.83. The van der Waals surface area contributed by atoms with Gasteiger partial charge in [0.1, 0.15) is 11.3 Å². The predicted molar refractivity (Wildman–Crippen MR) is 83.9 cm³/mol. The Labute approximate surface area is 135 Å². The van der Waals surface area contributed by atoms with E-state index in [0.717, 1.165) is 8.66 Å². The van der Waals surface area contributed by atoms with Crippen LogP contribution in [0.2, 0.25) is 0 Å². The van der Waals surface area contributed by atoms with Crippen molar-refractivity contribution in [1.82, 2.24) is 20.3 Å². The molecule has 1 N–H and O–H groups in total. The van der Waals surface area contributed by atoms with Gasteiger partial charge in [-0.1, -0.05) is 0 Å². The summed E-state index contributed by atoms with van der Waals surface area (Å²) in [5, 5.41) is 10.3. The topological polar surface area (TPSA) is 71.1 Å². The highest BCUT2D eigenvalue weighted by molar-refractivity contribution is 9.11. The zero-order valence-electron chi connectivity index (χ0n) is 12.1. The summed E-state index contributed by atoms with van der Waals surface area (Å²) in [4.78, 5) is 15.0. The number of halogens is 1. The molecule has 2 aromatic heterocycles. The fourth-order valence-corrected chi connectivity index (χ4v) is 3.13. The van der Waals surface area contributed by atoms with Crippen LogP contribution in [-0.2, 0) is 17.8 Å². The van der Waals surface area contributed by atoms with Crippen LogP contribution in [0.3, 0.4) is 0 Å². The summed E-state index contributed by atoms with van der Waals surface area (Å²) in [5.41, 5.74) is 0.159. The average molecular weight is 373 g/mol. The molecule has 0 unspecified atom stereocenters. The number of aromatic amines is 1. The van der Waals surface area contributed by atoms with E-state index in [2.05, 4.69) is 31.3 Å². The average Bonchev–Trinajstić information content (AvgIpc) is 2.98. The van der Waals surface area contributed by atoms with Crippen molar-refractivity contribution in [2.75, 3.05) is 0 Å². The van der Waals surface area contributed by atoms with E-state index in [1.54, 1.807) is 22.4 Å². The molecule has 0 bridgehead atoms. The van der Waals surface area contributed by atoms with Gasteiger partial charge in [0.15, 0.2) is 0 Å². The smallest absolute Gasteiger partial charge is 0.410 e. The van der Waals surface area contributed by atoms with Gasteiger partial charge in [-0.25, -0.2) is 4.79 Å². The second kappa shape index (κ2) is 6.57. The van der Waals surface area contributed by atoms with E-state index in [-0.39, 0.29) is 6.09 Å². The van der Waals surface area contributed by atoms with Gasteiger partial charge in [0, 0.05) is 4.88 Å². The number of aromatic nitrogens is 3. The molecule has 0 aliphatic rings. The third-order valence-electron chi connectivity index (χ3n) is 2.45. The van der Waals surface area contributed by atoms with Crippen LogP contribution in [0.5, 0.6) is 0 Å². The second-order valence-electron chi connectivity index (χ2n) is 5.50. The maximum atomic E-state index is 12.3. The number of rotatable bonds is 4. The molecule has 1 amide bonds. The molecular formula is C13H17BrN4O2S. The summed E-state index contributed by atoms with van der Waals surface area (Å²) in [7, 11) is 0. The van der Waals surface area contributed by atoms with E-state index in [4.69, 9.17) is 4.74 Å². The van der Waals surface area contributed by atoms with Crippen LogP contribution in [-0.4, -0.2) is 32.0 Å². The normalized spacial score (nSPS) is 11.4. The molecule has 0 saturated heterocycles. The number of ether oxygens (including phenoxy) is 1. The Morgan fingerprint density at radius 3 is 2.71 bits per heavy atom. The fourth-order valence-electron chi connectivity index (χ4n) is 1.63. The van der Waals surface area contributed by atoms with E-state index < -0.39 is 5.60 Å². The van der Waals surface area contributed by atoms with Gasteiger partial charge in [0.2, 0.25) is 0 Å². The number of nitrogens with one attached hydrogen (secondary N) is 1. The lowest BCUT2D eigenvalue weighted by Crippen LogP contribution is -2.36. The summed E-state index contributed by atoms with van der Waals surface area (Å²) in [6, 6.07) is 3.94. The lowest BCUT2D eigenvalue weighted by molar-refractivity contribution is 0.0216. The Hall–Kier alpha value is -1.41. The molecule has 0 atom stereocenters. The highest BCUT2D eigenvalue weighted by Crippen LogP contribution is 2.24. The summed E-state index contributed by atoms with van der Waals surface area (Å²) in [5.74, 6) is 0. The van der Waals surface area contributed by atoms with Crippen LogP contribution in [0.4, 0.5) is 4.79 Å².